The maximum absolute atomic E-state index is 5.49. The van der Waals surface area contributed by atoms with Crippen LogP contribution in [0.5, 0.6) is 0 Å². The van der Waals surface area contributed by atoms with E-state index < -0.39 is 0 Å². The number of hydrogen-bond donors (Lipinski definition) is 1. The van der Waals surface area contributed by atoms with E-state index in [-0.39, 0.29) is 0 Å². The number of ether oxygens (including phenoxy) is 2. The summed E-state index contributed by atoms with van der Waals surface area (Å²) in [4.78, 5) is 0. The molecule has 0 atom stereocenters. The van der Waals surface area contributed by atoms with Crippen LogP contribution >= 0.6 is 0 Å². The van der Waals surface area contributed by atoms with Crippen molar-refractivity contribution in [2.24, 2.45) is 0 Å². The Labute approximate surface area is 107 Å². The molecular formula is C14H31NO2. The van der Waals surface area contributed by atoms with Gasteiger partial charge < -0.3 is 14.8 Å². The Morgan fingerprint density at radius 1 is 0.882 bits per heavy atom. The van der Waals surface area contributed by atoms with Gasteiger partial charge in [0.2, 0.25) is 0 Å². The summed E-state index contributed by atoms with van der Waals surface area (Å²) >= 11 is 0. The zero-order valence-electron chi connectivity index (χ0n) is 12.0. The molecule has 1 N–H and O–H groups in total. The number of rotatable bonds is 13. The van der Waals surface area contributed by atoms with E-state index in [0.29, 0.717) is 6.10 Å². The largest absolute Gasteiger partial charge is 0.379 e. The number of unbranched alkanes of at least 4 members (excludes halogenated alkanes) is 3. The summed E-state index contributed by atoms with van der Waals surface area (Å²) < 4.78 is 10.9. The summed E-state index contributed by atoms with van der Waals surface area (Å²) in [6, 6.07) is 0. The monoisotopic (exact) mass is 245 g/mol. The van der Waals surface area contributed by atoms with Gasteiger partial charge in [0, 0.05) is 6.61 Å². The van der Waals surface area contributed by atoms with Crippen molar-refractivity contribution in [3.8, 4) is 0 Å². The van der Waals surface area contributed by atoms with Crippen molar-refractivity contribution in [1.82, 2.24) is 5.32 Å². The van der Waals surface area contributed by atoms with Crippen LogP contribution in [0.15, 0.2) is 0 Å². The van der Waals surface area contributed by atoms with E-state index in [2.05, 4.69) is 12.2 Å². The first-order valence-electron chi connectivity index (χ1n) is 7.17. The van der Waals surface area contributed by atoms with Crippen molar-refractivity contribution in [2.75, 3.05) is 32.9 Å². The van der Waals surface area contributed by atoms with Gasteiger partial charge in [0.05, 0.1) is 19.3 Å². The molecule has 0 aromatic rings. The zero-order valence-corrected chi connectivity index (χ0v) is 12.0. The van der Waals surface area contributed by atoms with Gasteiger partial charge in [0.1, 0.15) is 0 Å². The molecule has 104 valence electrons. The normalized spacial score (nSPS) is 11.3. The van der Waals surface area contributed by atoms with Crippen molar-refractivity contribution in [2.45, 2.75) is 59.0 Å². The third-order valence-corrected chi connectivity index (χ3v) is 2.50. The Hall–Kier alpha value is -0.120. The predicted octanol–water partition coefficient (Wildman–Crippen LogP) is 2.99. The highest BCUT2D eigenvalue weighted by atomic mass is 16.5. The second-order valence-electron chi connectivity index (χ2n) is 4.70. The molecule has 0 aromatic heterocycles. The van der Waals surface area contributed by atoms with Crippen LogP contribution in [0.1, 0.15) is 52.9 Å². The smallest absolute Gasteiger partial charge is 0.0703 e. The fourth-order valence-corrected chi connectivity index (χ4v) is 1.55. The first-order valence-corrected chi connectivity index (χ1v) is 7.17. The van der Waals surface area contributed by atoms with Gasteiger partial charge in [-0.2, -0.15) is 0 Å². The number of hydrogen-bond acceptors (Lipinski definition) is 3. The summed E-state index contributed by atoms with van der Waals surface area (Å²) in [5, 5.41) is 3.42. The maximum atomic E-state index is 5.49. The van der Waals surface area contributed by atoms with Crippen LogP contribution in [0.4, 0.5) is 0 Å². The molecule has 0 bridgehead atoms. The summed E-state index contributed by atoms with van der Waals surface area (Å²) in [5.41, 5.74) is 0. The Balaban J connectivity index is 2.89. The second-order valence-corrected chi connectivity index (χ2v) is 4.70. The molecule has 0 radical (unpaired) electrons. The Bertz CT molecular complexity index is 140. The summed E-state index contributed by atoms with van der Waals surface area (Å²) in [6.45, 7) is 10.9. The van der Waals surface area contributed by atoms with Crippen LogP contribution in [0.25, 0.3) is 0 Å². The van der Waals surface area contributed by atoms with E-state index in [4.69, 9.17) is 9.47 Å². The zero-order chi connectivity index (χ0) is 12.8. The first-order chi connectivity index (χ1) is 8.27. The molecule has 3 nitrogen and oxygen atoms in total. The minimum Gasteiger partial charge on any atom is -0.379 e. The average molecular weight is 245 g/mol. The Morgan fingerprint density at radius 2 is 1.65 bits per heavy atom. The molecule has 0 fully saturated rings. The standard InChI is InChI=1S/C14H31NO2/c1-4-9-15-10-7-5-6-8-11-16-12-13-17-14(2)3/h14-15H,4-13H2,1-3H3. The summed E-state index contributed by atoms with van der Waals surface area (Å²) in [6.07, 6.45) is 6.59. The van der Waals surface area contributed by atoms with Gasteiger partial charge in [-0.05, 0) is 46.2 Å². The molecular weight excluding hydrogens is 214 g/mol. The summed E-state index contributed by atoms with van der Waals surface area (Å²) in [7, 11) is 0. The lowest BCUT2D eigenvalue weighted by Gasteiger charge is -2.08. The third-order valence-electron chi connectivity index (χ3n) is 2.50. The van der Waals surface area contributed by atoms with Gasteiger partial charge in [0.15, 0.2) is 0 Å². The highest BCUT2D eigenvalue weighted by Gasteiger charge is 1.94. The van der Waals surface area contributed by atoms with E-state index in [1.165, 1.54) is 32.1 Å². The average Bonchev–Trinajstić information content (AvgIpc) is 2.30. The van der Waals surface area contributed by atoms with E-state index in [1.807, 2.05) is 13.8 Å². The molecule has 0 saturated carbocycles. The van der Waals surface area contributed by atoms with Crippen molar-refractivity contribution in [1.29, 1.82) is 0 Å². The fourth-order valence-electron chi connectivity index (χ4n) is 1.55. The van der Waals surface area contributed by atoms with Crippen LogP contribution in [-0.2, 0) is 9.47 Å². The lowest BCUT2D eigenvalue weighted by Crippen LogP contribution is -2.15. The SMILES string of the molecule is CCCNCCCCCCOCCOC(C)C. The van der Waals surface area contributed by atoms with Crippen molar-refractivity contribution < 1.29 is 9.47 Å². The van der Waals surface area contributed by atoms with Gasteiger partial charge in [-0.1, -0.05) is 19.8 Å². The minimum absolute atomic E-state index is 0.314. The molecule has 0 aliphatic carbocycles. The molecule has 17 heavy (non-hydrogen) atoms. The lowest BCUT2D eigenvalue weighted by atomic mass is 10.2. The second kappa shape index (κ2) is 13.9. The number of nitrogens with one attached hydrogen (secondary N) is 1. The highest BCUT2D eigenvalue weighted by Crippen LogP contribution is 1.99. The van der Waals surface area contributed by atoms with Crippen LogP contribution in [0.3, 0.4) is 0 Å². The van der Waals surface area contributed by atoms with Crippen LogP contribution < -0.4 is 5.32 Å². The van der Waals surface area contributed by atoms with Crippen molar-refractivity contribution in [3.63, 3.8) is 0 Å². The van der Waals surface area contributed by atoms with Gasteiger partial charge in [0.25, 0.3) is 0 Å². The van der Waals surface area contributed by atoms with E-state index in [1.54, 1.807) is 0 Å². The molecule has 0 spiro atoms. The molecule has 0 rings (SSSR count). The van der Waals surface area contributed by atoms with Gasteiger partial charge in [-0.15, -0.1) is 0 Å². The van der Waals surface area contributed by atoms with Crippen LogP contribution in [0, 0.1) is 0 Å². The van der Waals surface area contributed by atoms with Crippen LogP contribution in [0.2, 0.25) is 0 Å². The van der Waals surface area contributed by atoms with Gasteiger partial charge >= 0.3 is 0 Å². The molecule has 0 aromatic carbocycles. The topological polar surface area (TPSA) is 30.5 Å². The van der Waals surface area contributed by atoms with Crippen molar-refractivity contribution in [3.05, 3.63) is 0 Å². The molecule has 0 unspecified atom stereocenters. The molecule has 0 heterocycles. The first kappa shape index (κ1) is 16.9. The third kappa shape index (κ3) is 15.9. The fraction of sp³-hybridized carbons (Fsp3) is 1.00. The van der Waals surface area contributed by atoms with E-state index in [9.17, 15) is 0 Å². The molecule has 3 heteroatoms. The molecule has 0 amide bonds. The predicted molar refractivity (Wildman–Crippen MR) is 73.5 cm³/mol. The van der Waals surface area contributed by atoms with Gasteiger partial charge in [-0.3, -0.25) is 0 Å². The summed E-state index contributed by atoms with van der Waals surface area (Å²) in [5.74, 6) is 0. The van der Waals surface area contributed by atoms with E-state index in [0.717, 1.165) is 32.9 Å². The van der Waals surface area contributed by atoms with Crippen LogP contribution in [-0.4, -0.2) is 39.0 Å². The highest BCUT2D eigenvalue weighted by molar-refractivity contribution is 4.48. The maximum Gasteiger partial charge on any atom is 0.0703 e. The Morgan fingerprint density at radius 3 is 2.35 bits per heavy atom. The molecule has 0 aliphatic rings. The lowest BCUT2D eigenvalue weighted by molar-refractivity contribution is 0.0186. The minimum atomic E-state index is 0.314. The van der Waals surface area contributed by atoms with Gasteiger partial charge in [-0.25, -0.2) is 0 Å². The Kier molecular flexibility index (Phi) is 13.8. The quantitative estimate of drug-likeness (QED) is 0.506. The van der Waals surface area contributed by atoms with E-state index >= 15 is 0 Å². The molecule has 0 aliphatic heterocycles. The molecule has 0 saturated heterocycles. The van der Waals surface area contributed by atoms with Crippen molar-refractivity contribution >= 4 is 0 Å².